The number of nitrogens with zero attached hydrogens (tertiary/aromatic N) is 1. The minimum Gasteiger partial charge on any atom is -0.342 e. The van der Waals surface area contributed by atoms with E-state index in [1.807, 2.05) is 0 Å². The second-order valence-electron chi connectivity index (χ2n) is 6.14. The number of carbonyl (C=O) groups is 2. The van der Waals surface area contributed by atoms with Crippen molar-refractivity contribution >= 4 is 17.5 Å². The summed E-state index contributed by atoms with van der Waals surface area (Å²) in [6.45, 7) is 2.50. The van der Waals surface area contributed by atoms with Crippen LogP contribution in [0, 0.1) is 5.82 Å². The van der Waals surface area contributed by atoms with E-state index in [0.717, 1.165) is 19.3 Å². The average molecular weight is 332 g/mol. The number of nitrogens with one attached hydrogen (secondary N) is 1. The van der Waals surface area contributed by atoms with Gasteiger partial charge in [-0.15, -0.1) is 0 Å². The number of anilines is 1. The highest BCUT2D eigenvalue weighted by molar-refractivity contribution is 5.91. The largest absolute Gasteiger partial charge is 0.342 e. The number of rotatable bonds is 7. The molecule has 1 aromatic rings. The lowest BCUT2D eigenvalue weighted by atomic mass is 9.97. The van der Waals surface area contributed by atoms with Crippen molar-refractivity contribution in [1.82, 2.24) is 4.90 Å². The van der Waals surface area contributed by atoms with Crippen LogP contribution in [0.15, 0.2) is 35.9 Å². The normalized spacial score (nSPS) is 14.0. The number of hydrogen-bond donors (Lipinski definition) is 1. The molecular formula is C19H25FN2O2. The molecule has 0 saturated carbocycles. The Balaban J connectivity index is 1.80. The average Bonchev–Trinajstić information content (AvgIpc) is 2.57. The summed E-state index contributed by atoms with van der Waals surface area (Å²) in [5.74, 6) is -0.785. The van der Waals surface area contributed by atoms with E-state index >= 15 is 0 Å². The molecule has 5 heteroatoms. The van der Waals surface area contributed by atoms with Crippen LogP contribution in [0.25, 0.3) is 0 Å². The van der Waals surface area contributed by atoms with Crippen LogP contribution in [0.3, 0.4) is 0 Å². The molecule has 1 aliphatic rings. The maximum Gasteiger partial charge on any atom is 0.226 e. The van der Waals surface area contributed by atoms with Crippen LogP contribution in [-0.2, 0) is 9.59 Å². The van der Waals surface area contributed by atoms with Gasteiger partial charge in [-0.3, -0.25) is 9.59 Å². The smallest absolute Gasteiger partial charge is 0.226 e. The van der Waals surface area contributed by atoms with Gasteiger partial charge in [0.25, 0.3) is 0 Å². The van der Waals surface area contributed by atoms with Gasteiger partial charge in [-0.1, -0.05) is 23.8 Å². The molecule has 0 aromatic heterocycles. The van der Waals surface area contributed by atoms with E-state index in [4.69, 9.17) is 0 Å². The van der Waals surface area contributed by atoms with Crippen LogP contribution < -0.4 is 5.32 Å². The summed E-state index contributed by atoms with van der Waals surface area (Å²) >= 11 is 0. The predicted molar refractivity (Wildman–Crippen MR) is 93.1 cm³/mol. The quantitative estimate of drug-likeness (QED) is 0.770. The number of benzene rings is 1. The highest BCUT2D eigenvalue weighted by atomic mass is 19.1. The first-order chi connectivity index (χ1) is 11.6. The molecule has 0 bridgehead atoms. The van der Waals surface area contributed by atoms with E-state index < -0.39 is 5.82 Å². The van der Waals surface area contributed by atoms with Crippen molar-refractivity contribution in [2.24, 2.45) is 0 Å². The molecule has 1 N–H and O–H groups in total. The minimum absolute atomic E-state index is 0.0369. The molecule has 2 rings (SSSR count). The summed E-state index contributed by atoms with van der Waals surface area (Å²) in [6.07, 6.45) is 8.00. The van der Waals surface area contributed by atoms with Crippen molar-refractivity contribution in [3.05, 3.63) is 41.7 Å². The van der Waals surface area contributed by atoms with Gasteiger partial charge >= 0.3 is 0 Å². The van der Waals surface area contributed by atoms with E-state index in [1.54, 1.807) is 17.0 Å². The zero-order valence-corrected chi connectivity index (χ0v) is 14.2. The molecule has 0 aliphatic heterocycles. The van der Waals surface area contributed by atoms with Crippen molar-refractivity contribution in [2.75, 3.05) is 18.4 Å². The lowest BCUT2D eigenvalue weighted by Gasteiger charge is -2.22. The number of para-hydroxylation sites is 1. The molecule has 130 valence electrons. The van der Waals surface area contributed by atoms with E-state index in [-0.39, 0.29) is 23.9 Å². The molecule has 0 fully saturated rings. The summed E-state index contributed by atoms with van der Waals surface area (Å²) in [4.78, 5) is 25.4. The van der Waals surface area contributed by atoms with E-state index in [2.05, 4.69) is 11.4 Å². The van der Waals surface area contributed by atoms with Crippen molar-refractivity contribution in [3.63, 3.8) is 0 Å². The van der Waals surface area contributed by atoms with Gasteiger partial charge in [0, 0.05) is 26.4 Å². The summed E-state index contributed by atoms with van der Waals surface area (Å²) in [7, 11) is 0. The van der Waals surface area contributed by atoms with Crippen LogP contribution in [0.4, 0.5) is 10.1 Å². The van der Waals surface area contributed by atoms with Crippen LogP contribution in [-0.4, -0.2) is 29.8 Å². The van der Waals surface area contributed by atoms with Crippen molar-refractivity contribution < 1.29 is 14.0 Å². The minimum atomic E-state index is -0.460. The lowest BCUT2D eigenvalue weighted by Crippen LogP contribution is -2.33. The molecule has 2 amide bonds. The van der Waals surface area contributed by atoms with Crippen LogP contribution in [0.5, 0.6) is 0 Å². The van der Waals surface area contributed by atoms with E-state index in [9.17, 15) is 14.0 Å². The fourth-order valence-electron chi connectivity index (χ4n) is 2.85. The van der Waals surface area contributed by atoms with Crippen LogP contribution in [0.1, 0.15) is 45.4 Å². The fraction of sp³-hybridized carbons (Fsp3) is 0.474. The Kier molecular flexibility index (Phi) is 6.97. The van der Waals surface area contributed by atoms with Crippen LogP contribution >= 0.6 is 0 Å². The number of halogens is 1. The molecule has 0 saturated heterocycles. The van der Waals surface area contributed by atoms with Crippen molar-refractivity contribution in [1.29, 1.82) is 0 Å². The van der Waals surface area contributed by atoms with Gasteiger partial charge in [-0.25, -0.2) is 4.39 Å². The Bertz CT molecular complexity index is 613. The first kappa shape index (κ1) is 18.2. The monoisotopic (exact) mass is 332 g/mol. The summed E-state index contributed by atoms with van der Waals surface area (Å²) < 4.78 is 13.5. The Morgan fingerprint density at radius 1 is 1.21 bits per heavy atom. The third kappa shape index (κ3) is 5.80. The molecule has 0 spiro atoms. The van der Waals surface area contributed by atoms with E-state index in [1.165, 1.54) is 37.5 Å². The summed E-state index contributed by atoms with van der Waals surface area (Å²) in [6, 6.07) is 6.06. The Labute approximate surface area is 142 Å². The van der Waals surface area contributed by atoms with Gasteiger partial charge < -0.3 is 10.2 Å². The topological polar surface area (TPSA) is 49.4 Å². The number of carbonyl (C=O) groups excluding carboxylic acids is 2. The lowest BCUT2D eigenvalue weighted by molar-refractivity contribution is -0.129. The second kappa shape index (κ2) is 9.21. The fourth-order valence-corrected chi connectivity index (χ4v) is 2.85. The van der Waals surface area contributed by atoms with Gasteiger partial charge in [0.05, 0.1) is 5.69 Å². The third-order valence-corrected chi connectivity index (χ3v) is 4.29. The van der Waals surface area contributed by atoms with Gasteiger partial charge in [-0.05, 0) is 44.2 Å². The van der Waals surface area contributed by atoms with E-state index in [0.29, 0.717) is 13.1 Å². The van der Waals surface area contributed by atoms with Gasteiger partial charge in [-0.2, -0.15) is 0 Å². The zero-order valence-electron chi connectivity index (χ0n) is 14.2. The first-order valence-corrected chi connectivity index (χ1v) is 8.54. The molecular weight excluding hydrogens is 307 g/mol. The third-order valence-electron chi connectivity index (χ3n) is 4.29. The van der Waals surface area contributed by atoms with Gasteiger partial charge in [0.2, 0.25) is 11.8 Å². The summed E-state index contributed by atoms with van der Waals surface area (Å²) in [5, 5.41) is 2.55. The molecule has 0 unspecified atom stereocenters. The SMILES string of the molecule is CC(=O)N(CCC(=O)Nc1ccccc1F)CCC1=CCCCC1. The highest BCUT2D eigenvalue weighted by Crippen LogP contribution is 2.20. The highest BCUT2D eigenvalue weighted by Gasteiger charge is 2.13. The Hall–Kier alpha value is -2.17. The maximum absolute atomic E-state index is 13.5. The standard InChI is InChI=1S/C19H25FN2O2/c1-15(23)22(13-11-16-7-3-2-4-8-16)14-12-19(24)21-18-10-6-5-9-17(18)20/h5-7,9-10H,2-4,8,11-14H2,1H3,(H,21,24). The zero-order chi connectivity index (χ0) is 17.4. The molecule has 0 heterocycles. The molecule has 4 nitrogen and oxygen atoms in total. The molecule has 0 atom stereocenters. The van der Waals surface area contributed by atoms with Gasteiger partial charge in [0.1, 0.15) is 5.82 Å². The molecule has 0 radical (unpaired) electrons. The predicted octanol–water partition coefficient (Wildman–Crippen LogP) is 3.89. The van der Waals surface area contributed by atoms with Crippen LogP contribution in [0.2, 0.25) is 0 Å². The van der Waals surface area contributed by atoms with Crippen molar-refractivity contribution in [2.45, 2.75) is 45.4 Å². The molecule has 24 heavy (non-hydrogen) atoms. The Morgan fingerprint density at radius 2 is 2.00 bits per heavy atom. The molecule has 1 aliphatic carbocycles. The Morgan fingerprint density at radius 3 is 2.67 bits per heavy atom. The summed E-state index contributed by atoms with van der Waals surface area (Å²) in [5.41, 5.74) is 1.58. The first-order valence-electron chi connectivity index (χ1n) is 8.54. The number of hydrogen-bond acceptors (Lipinski definition) is 2. The molecule has 1 aromatic carbocycles. The van der Waals surface area contributed by atoms with Gasteiger partial charge in [0.15, 0.2) is 0 Å². The van der Waals surface area contributed by atoms with Crippen molar-refractivity contribution in [3.8, 4) is 0 Å². The number of allylic oxidation sites excluding steroid dienone is 1. The number of amides is 2. The second-order valence-corrected chi connectivity index (χ2v) is 6.14. The maximum atomic E-state index is 13.5.